The van der Waals surface area contributed by atoms with Crippen molar-refractivity contribution in [2.45, 2.75) is 19.0 Å². The molecule has 3 rings (SSSR count). The summed E-state index contributed by atoms with van der Waals surface area (Å²) in [6.45, 7) is 0.723. The quantitative estimate of drug-likeness (QED) is 0.582. The van der Waals surface area contributed by atoms with E-state index in [2.05, 4.69) is 4.98 Å². The van der Waals surface area contributed by atoms with Crippen LogP contribution in [0.2, 0.25) is 0 Å². The average Bonchev–Trinajstić information content (AvgIpc) is 2.72. The fraction of sp³-hybridized carbons (Fsp3) is 0.286. The molecule has 0 unspecified atom stereocenters. The Hall–Kier alpha value is -2.96. The Bertz CT molecular complexity index is 879. The fourth-order valence-corrected chi connectivity index (χ4v) is 3.22. The molecular weight excluding hydrogens is 369 g/mol. The first kappa shape index (κ1) is 19.8. The highest BCUT2D eigenvalue weighted by atomic mass is 19.4. The number of carbonyl (C=O) groups excluding carboxylic acids is 2. The minimum absolute atomic E-state index is 0.0291. The predicted octanol–water partition coefficient (Wildman–Crippen LogP) is 4.24. The van der Waals surface area contributed by atoms with Crippen LogP contribution in [0, 0.1) is 5.92 Å². The largest absolute Gasteiger partial charge is 0.416 e. The Balaban J connectivity index is 1.68. The molecular formula is C21H19F3N2O2. The number of halogens is 3. The molecule has 4 nitrogen and oxygen atoms in total. The van der Waals surface area contributed by atoms with Crippen molar-refractivity contribution in [1.82, 2.24) is 9.88 Å². The van der Waals surface area contributed by atoms with Gasteiger partial charge in [-0.05, 0) is 48.7 Å². The first-order valence-corrected chi connectivity index (χ1v) is 8.93. The molecule has 28 heavy (non-hydrogen) atoms. The number of alkyl halides is 3. The Morgan fingerprint density at radius 1 is 1.14 bits per heavy atom. The van der Waals surface area contributed by atoms with E-state index in [1.165, 1.54) is 18.2 Å². The number of Topliss-reactive ketones (excluding diaryl/α,β-unsaturated/α-hetero) is 1. The monoisotopic (exact) mass is 388 g/mol. The molecule has 0 N–H and O–H groups in total. The number of pyridine rings is 1. The molecule has 1 amide bonds. The minimum Gasteiger partial charge on any atom is -0.338 e. The van der Waals surface area contributed by atoms with Crippen LogP contribution in [0.1, 0.15) is 34.3 Å². The van der Waals surface area contributed by atoms with Gasteiger partial charge in [0.05, 0.1) is 5.56 Å². The maximum atomic E-state index is 12.9. The van der Waals surface area contributed by atoms with Crippen molar-refractivity contribution < 1.29 is 22.8 Å². The van der Waals surface area contributed by atoms with Crippen LogP contribution in [0.4, 0.5) is 13.2 Å². The van der Waals surface area contributed by atoms with Crippen LogP contribution in [0.5, 0.6) is 0 Å². The van der Waals surface area contributed by atoms with Gasteiger partial charge in [-0.3, -0.25) is 14.6 Å². The summed E-state index contributed by atoms with van der Waals surface area (Å²) in [6, 6.07) is 7.98. The van der Waals surface area contributed by atoms with Gasteiger partial charge in [0.25, 0.3) is 0 Å². The molecule has 1 aromatic carbocycles. The summed E-state index contributed by atoms with van der Waals surface area (Å²) in [5, 5.41) is 0. The van der Waals surface area contributed by atoms with Crippen molar-refractivity contribution >= 4 is 17.8 Å². The number of amides is 1. The highest BCUT2D eigenvalue weighted by Crippen LogP contribution is 2.30. The van der Waals surface area contributed by atoms with Gasteiger partial charge in [-0.25, -0.2) is 0 Å². The molecule has 146 valence electrons. The lowest BCUT2D eigenvalue weighted by molar-refractivity contribution is -0.137. The second-order valence-corrected chi connectivity index (χ2v) is 6.68. The molecule has 1 fully saturated rings. The summed E-state index contributed by atoms with van der Waals surface area (Å²) in [5.41, 5.74) is 0.0146. The summed E-state index contributed by atoms with van der Waals surface area (Å²) in [6.07, 6.45) is 3.03. The first-order valence-electron chi connectivity index (χ1n) is 8.93. The van der Waals surface area contributed by atoms with Gasteiger partial charge in [0, 0.05) is 43.0 Å². The number of hydrogen-bond acceptors (Lipinski definition) is 3. The average molecular weight is 388 g/mol. The van der Waals surface area contributed by atoms with Crippen LogP contribution < -0.4 is 0 Å². The van der Waals surface area contributed by atoms with Crippen LogP contribution in [0.15, 0.2) is 54.9 Å². The van der Waals surface area contributed by atoms with Crippen molar-refractivity contribution in [3.63, 3.8) is 0 Å². The molecule has 1 aliphatic rings. The number of ketones is 1. The van der Waals surface area contributed by atoms with E-state index >= 15 is 0 Å². The van der Waals surface area contributed by atoms with Crippen molar-refractivity contribution in [3.05, 3.63) is 71.6 Å². The van der Waals surface area contributed by atoms with Crippen LogP contribution in [-0.4, -0.2) is 34.7 Å². The number of likely N-dealkylation sites (tertiary alicyclic amines) is 1. The van der Waals surface area contributed by atoms with Gasteiger partial charge in [-0.15, -0.1) is 0 Å². The smallest absolute Gasteiger partial charge is 0.338 e. The molecule has 1 saturated heterocycles. The van der Waals surface area contributed by atoms with Crippen LogP contribution in [-0.2, 0) is 11.0 Å². The molecule has 0 saturated carbocycles. The molecule has 7 heteroatoms. The molecule has 0 bridgehead atoms. The van der Waals surface area contributed by atoms with Crippen LogP contribution >= 0.6 is 0 Å². The Labute approximate surface area is 160 Å². The Kier molecular flexibility index (Phi) is 5.92. The van der Waals surface area contributed by atoms with Gasteiger partial charge < -0.3 is 4.90 Å². The van der Waals surface area contributed by atoms with Gasteiger partial charge >= 0.3 is 6.18 Å². The van der Waals surface area contributed by atoms with E-state index in [1.54, 1.807) is 35.5 Å². The zero-order valence-corrected chi connectivity index (χ0v) is 15.0. The maximum Gasteiger partial charge on any atom is 0.416 e. The highest BCUT2D eigenvalue weighted by Gasteiger charge is 2.33. The maximum absolute atomic E-state index is 12.9. The lowest BCUT2D eigenvalue weighted by Gasteiger charge is -2.31. The summed E-state index contributed by atoms with van der Waals surface area (Å²) in [4.78, 5) is 30.6. The molecule has 0 aliphatic carbocycles. The van der Waals surface area contributed by atoms with E-state index in [0.29, 0.717) is 19.4 Å². The third kappa shape index (κ3) is 4.85. The number of aromatic nitrogens is 1. The van der Waals surface area contributed by atoms with Crippen LogP contribution in [0.3, 0.4) is 0 Å². The summed E-state index contributed by atoms with van der Waals surface area (Å²) >= 11 is 0. The van der Waals surface area contributed by atoms with Crippen molar-refractivity contribution in [3.8, 4) is 0 Å². The molecule has 1 atom stereocenters. The third-order valence-electron chi connectivity index (χ3n) is 4.70. The SMILES string of the molecule is O=C(c1cccc(C(F)(F)F)c1)[C@@H]1CCCN(C(=O)/C=C/c2ccncc2)C1. The van der Waals surface area contributed by atoms with Gasteiger partial charge in [0.15, 0.2) is 5.78 Å². The normalized spacial score (nSPS) is 17.7. The lowest BCUT2D eigenvalue weighted by Crippen LogP contribution is -2.41. The Morgan fingerprint density at radius 3 is 2.61 bits per heavy atom. The zero-order chi connectivity index (χ0) is 20.1. The molecule has 1 aromatic heterocycles. The topological polar surface area (TPSA) is 50.3 Å². The van der Waals surface area contributed by atoms with E-state index in [1.807, 2.05) is 0 Å². The number of hydrogen-bond donors (Lipinski definition) is 0. The second-order valence-electron chi connectivity index (χ2n) is 6.68. The summed E-state index contributed by atoms with van der Waals surface area (Å²) in [7, 11) is 0. The molecule has 2 aromatic rings. The van der Waals surface area contributed by atoms with Crippen molar-refractivity contribution in [1.29, 1.82) is 0 Å². The van der Waals surface area contributed by atoms with Gasteiger partial charge in [0.2, 0.25) is 5.91 Å². The molecule has 2 heterocycles. The van der Waals surface area contributed by atoms with Crippen LogP contribution in [0.25, 0.3) is 6.08 Å². The predicted molar refractivity (Wildman–Crippen MR) is 98.3 cm³/mol. The number of nitrogens with zero attached hydrogens (tertiary/aromatic N) is 2. The number of carbonyl (C=O) groups is 2. The van der Waals surface area contributed by atoms with Gasteiger partial charge in [-0.2, -0.15) is 13.2 Å². The lowest BCUT2D eigenvalue weighted by atomic mass is 9.89. The molecule has 0 radical (unpaired) electrons. The van der Waals surface area contributed by atoms with E-state index in [4.69, 9.17) is 0 Å². The highest BCUT2D eigenvalue weighted by molar-refractivity contribution is 5.99. The Morgan fingerprint density at radius 2 is 1.89 bits per heavy atom. The zero-order valence-electron chi connectivity index (χ0n) is 15.0. The minimum atomic E-state index is -4.50. The third-order valence-corrected chi connectivity index (χ3v) is 4.70. The first-order chi connectivity index (χ1) is 13.3. The number of rotatable bonds is 4. The van der Waals surface area contributed by atoms with E-state index in [9.17, 15) is 22.8 Å². The summed E-state index contributed by atoms with van der Waals surface area (Å²) < 4.78 is 38.7. The van der Waals surface area contributed by atoms with E-state index < -0.39 is 17.7 Å². The second kappa shape index (κ2) is 8.37. The van der Waals surface area contributed by atoms with E-state index in [-0.39, 0.29) is 23.8 Å². The fourth-order valence-electron chi connectivity index (χ4n) is 3.22. The van der Waals surface area contributed by atoms with Gasteiger partial charge in [-0.1, -0.05) is 12.1 Å². The van der Waals surface area contributed by atoms with Crippen molar-refractivity contribution in [2.24, 2.45) is 5.92 Å². The number of benzene rings is 1. The number of piperidine rings is 1. The standard InChI is InChI=1S/C21H19F3N2O2/c22-21(23,24)18-5-1-3-16(13-18)20(28)17-4-2-12-26(14-17)19(27)7-6-15-8-10-25-11-9-15/h1,3,5-11,13,17H,2,4,12,14H2/b7-6+/t17-/m1/s1. The molecule has 1 aliphatic heterocycles. The summed E-state index contributed by atoms with van der Waals surface area (Å²) in [5.74, 6) is -1.09. The van der Waals surface area contributed by atoms with Gasteiger partial charge in [0.1, 0.15) is 0 Å². The van der Waals surface area contributed by atoms with Crippen molar-refractivity contribution in [2.75, 3.05) is 13.1 Å². The van der Waals surface area contributed by atoms with E-state index in [0.717, 1.165) is 17.7 Å². The molecule has 0 spiro atoms.